The molecule has 0 N–H and O–H groups in total. The molecule has 1 aromatic rings. The highest BCUT2D eigenvalue weighted by atomic mass is 14.1. The van der Waals surface area contributed by atoms with E-state index >= 15 is 0 Å². The SMILES string of the molecule is CCCCCCCCCCc1ccc(C2=CCC(CCC)C=C2)cc1. The summed E-state index contributed by atoms with van der Waals surface area (Å²) in [7, 11) is 0. The summed E-state index contributed by atoms with van der Waals surface area (Å²) >= 11 is 0. The molecule has 1 aliphatic rings. The first-order valence-electron chi connectivity index (χ1n) is 10.8. The Hall–Kier alpha value is -1.30. The normalized spacial score (nSPS) is 16.9. The van der Waals surface area contributed by atoms with Crippen LogP contribution in [0.25, 0.3) is 5.57 Å². The summed E-state index contributed by atoms with van der Waals surface area (Å²) in [6.07, 6.45) is 23.4. The van der Waals surface area contributed by atoms with Gasteiger partial charge < -0.3 is 0 Å². The molecule has 0 aromatic heterocycles. The van der Waals surface area contributed by atoms with Crippen LogP contribution in [-0.4, -0.2) is 0 Å². The average Bonchev–Trinajstić information content (AvgIpc) is 2.65. The third kappa shape index (κ3) is 7.63. The topological polar surface area (TPSA) is 0 Å². The minimum atomic E-state index is 0.759. The first-order chi connectivity index (χ1) is 12.3. The van der Waals surface area contributed by atoms with Crippen molar-refractivity contribution < 1.29 is 0 Å². The Morgan fingerprint density at radius 3 is 2.08 bits per heavy atom. The molecule has 0 bridgehead atoms. The number of benzene rings is 1. The molecule has 2 rings (SSSR count). The lowest BCUT2D eigenvalue weighted by molar-refractivity contribution is 0.575. The predicted octanol–water partition coefficient (Wildman–Crippen LogP) is 8.13. The molecule has 0 radical (unpaired) electrons. The number of unbranched alkanes of at least 4 members (excludes halogenated alkanes) is 7. The summed E-state index contributed by atoms with van der Waals surface area (Å²) in [5.41, 5.74) is 4.29. The summed E-state index contributed by atoms with van der Waals surface area (Å²) < 4.78 is 0. The fourth-order valence-corrected chi connectivity index (χ4v) is 3.79. The Balaban J connectivity index is 1.66. The number of allylic oxidation sites excluding steroid dienone is 4. The summed E-state index contributed by atoms with van der Waals surface area (Å²) in [5, 5.41) is 0. The molecule has 1 unspecified atom stereocenters. The van der Waals surface area contributed by atoms with Gasteiger partial charge >= 0.3 is 0 Å². The molecule has 0 aliphatic heterocycles. The maximum absolute atomic E-state index is 2.42. The van der Waals surface area contributed by atoms with Gasteiger partial charge in [-0.05, 0) is 48.3 Å². The lowest BCUT2D eigenvalue weighted by Gasteiger charge is -2.15. The Labute approximate surface area is 156 Å². The third-order valence-electron chi connectivity index (χ3n) is 5.45. The van der Waals surface area contributed by atoms with Crippen LogP contribution in [0.3, 0.4) is 0 Å². The van der Waals surface area contributed by atoms with Crippen LogP contribution in [-0.2, 0) is 6.42 Å². The lowest BCUT2D eigenvalue weighted by atomic mass is 9.90. The minimum absolute atomic E-state index is 0.759. The summed E-state index contributed by atoms with van der Waals surface area (Å²) in [6.45, 7) is 4.56. The fourth-order valence-electron chi connectivity index (χ4n) is 3.79. The van der Waals surface area contributed by atoms with Crippen molar-refractivity contribution in [2.45, 2.75) is 90.9 Å². The van der Waals surface area contributed by atoms with Gasteiger partial charge in [-0.1, -0.05) is 108 Å². The molecule has 0 fully saturated rings. The van der Waals surface area contributed by atoms with Crippen LogP contribution >= 0.6 is 0 Å². The number of aryl methyl sites for hydroxylation is 1. The van der Waals surface area contributed by atoms with E-state index in [0.717, 1.165) is 5.92 Å². The van der Waals surface area contributed by atoms with Gasteiger partial charge in [0.2, 0.25) is 0 Å². The lowest BCUT2D eigenvalue weighted by Crippen LogP contribution is -1.99. The van der Waals surface area contributed by atoms with Gasteiger partial charge in [0.1, 0.15) is 0 Å². The zero-order valence-electron chi connectivity index (χ0n) is 16.6. The maximum Gasteiger partial charge on any atom is -0.0187 e. The molecule has 1 atom stereocenters. The molecular weight excluding hydrogens is 300 g/mol. The minimum Gasteiger partial charge on any atom is -0.0805 e. The Morgan fingerprint density at radius 2 is 1.48 bits per heavy atom. The summed E-state index contributed by atoms with van der Waals surface area (Å²) in [5.74, 6) is 0.759. The Bertz CT molecular complexity index is 517. The zero-order chi connectivity index (χ0) is 17.7. The maximum atomic E-state index is 2.42. The van der Waals surface area contributed by atoms with E-state index in [1.165, 1.54) is 93.7 Å². The van der Waals surface area contributed by atoms with Gasteiger partial charge in [-0.15, -0.1) is 0 Å². The van der Waals surface area contributed by atoms with Gasteiger partial charge in [0, 0.05) is 0 Å². The van der Waals surface area contributed by atoms with Crippen molar-refractivity contribution in [2.75, 3.05) is 0 Å². The van der Waals surface area contributed by atoms with Crippen LogP contribution in [0.2, 0.25) is 0 Å². The quantitative estimate of drug-likeness (QED) is 0.337. The van der Waals surface area contributed by atoms with E-state index in [0.29, 0.717) is 0 Å². The van der Waals surface area contributed by atoms with Crippen molar-refractivity contribution in [1.82, 2.24) is 0 Å². The highest BCUT2D eigenvalue weighted by Crippen LogP contribution is 2.27. The van der Waals surface area contributed by atoms with Crippen molar-refractivity contribution in [3.63, 3.8) is 0 Å². The van der Waals surface area contributed by atoms with Crippen LogP contribution in [0.5, 0.6) is 0 Å². The van der Waals surface area contributed by atoms with Crippen molar-refractivity contribution >= 4 is 5.57 Å². The van der Waals surface area contributed by atoms with Gasteiger partial charge in [0.25, 0.3) is 0 Å². The first kappa shape index (κ1) is 20.0. The molecule has 25 heavy (non-hydrogen) atoms. The van der Waals surface area contributed by atoms with Gasteiger partial charge in [0.05, 0.1) is 0 Å². The molecule has 1 aromatic carbocycles. The van der Waals surface area contributed by atoms with Crippen molar-refractivity contribution in [1.29, 1.82) is 0 Å². The van der Waals surface area contributed by atoms with Crippen LogP contribution in [0.1, 0.15) is 95.6 Å². The van der Waals surface area contributed by atoms with Crippen LogP contribution in [0.15, 0.2) is 42.5 Å². The number of hydrogen-bond acceptors (Lipinski definition) is 0. The van der Waals surface area contributed by atoms with Gasteiger partial charge in [-0.25, -0.2) is 0 Å². The van der Waals surface area contributed by atoms with Crippen LogP contribution < -0.4 is 0 Å². The van der Waals surface area contributed by atoms with E-state index in [-0.39, 0.29) is 0 Å². The largest absolute Gasteiger partial charge is 0.0805 e. The Morgan fingerprint density at radius 1 is 0.800 bits per heavy atom. The molecule has 0 saturated carbocycles. The second kappa shape index (κ2) is 12.1. The zero-order valence-corrected chi connectivity index (χ0v) is 16.6. The van der Waals surface area contributed by atoms with Gasteiger partial charge in [-0.3, -0.25) is 0 Å². The molecule has 0 heterocycles. The standard InChI is InChI=1S/C25H38/c1-3-5-6-7-8-9-10-11-13-23-16-20-25(21-17-23)24-18-14-22(12-4-2)15-19-24/h14,16-22H,3-13,15H2,1-2H3. The second-order valence-corrected chi connectivity index (χ2v) is 7.72. The molecule has 0 amide bonds. The smallest absolute Gasteiger partial charge is 0.0187 e. The van der Waals surface area contributed by atoms with Gasteiger partial charge in [-0.2, -0.15) is 0 Å². The third-order valence-corrected chi connectivity index (χ3v) is 5.45. The van der Waals surface area contributed by atoms with Crippen molar-refractivity contribution in [3.05, 3.63) is 53.6 Å². The van der Waals surface area contributed by atoms with Crippen LogP contribution in [0, 0.1) is 5.92 Å². The van der Waals surface area contributed by atoms with E-state index < -0.39 is 0 Å². The summed E-state index contributed by atoms with van der Waals surface area (Å²) in [4.78, 5) is 0. The summed E-state index contributed by atoms with van der Waals surface area (Å²) in [6, 6.07) is 9.31. The number of rotatable bonds is 12. The fraction of sp³-hybridized carbons (Fsp3) is 0.600. The molecule has 0 heteroatoms. The monoisotopic (exact) mass is 338 g/mol. The molecule has 0 spiro atoms. The highest BCUT2D eigenvalue weighted by molar-refractivity contribution is 5.75. The van der Waals surface area contributed by atoms with Gasteiger partial charge in [0.15, 0.2) is 0 Å². The van der Waals surface area contributed by atoms with E-state index in [9.17, 15) is 0 Å². The average molecular weight is 339 g/mol. The van der Waals surface area contributed by atoms with E-state index in [4.69, 9.17) is 0 Å². The molecular formula is C25H38. The van der Waals surface area contributed by atoms with Crippen molar-refractivity contribution in [3.8, 4) is 0 Å². The second-order valence-electron chi connectivity index (χ2n) is 7.72. The van der Waals surface area contributed by atoms with E-state index in [1.807, 2.05) is 0 Å². The van der Waals surface area contributed by atoms with Crippen LogP contribution in [0.4, 0.5) is 0 Å². The molecule has 0 saturated heterocycles. The molecule has 1 aliphatic carbocycles. The first-order valence-corrected chi connectivity index (χ1v) is 10.8. The number of hydrogen-bond donors (Lipinski definition) is 0. The Kier molecular flexibility index (Phi) is 9.70. The molecule has 0 nitrogen and oxygen atoms in total. The predicted molar refractivity (Wildman–Crippen MR) is 113 cm³/mol. The van der Waals surface area contributed by atoms with E-state index in [2.05, 4.69) is 56.3 Å². The molecule has 138 valence electrons. The van der Waals surface area contributed by atoms with E-state index in [1.54, 1.807) is 0 Å². The highest BCUT2D eigenvalue weighted by Gasteiger charge is 2.08. The van der Waals surface area contributed by atoms with Crippen molar-refractivity contribution in [2.24, 2.45) is 5.92 Å².